The van der Waals surface area contributed by atoms with Crippen LogP contribution >= 0.6 is 0 Å². The minimum absolute atomic E-state index is 0.503. The molecule has 3 heterocycles. The van der Waals surface area contributed by atoms with E-state index in [0.29, 0.717) is 23.3 Å². The van der Waals surface area contributed by atoms with Gasteiger partial charge < -0.3 is 15.0 Å². The van der Waals surface area contributed by atoms with Crippen molar-refractivity contribution in [3.05, 3.63) is 54.1 Å². The van der Waals surface area contributed by atoms with E-state index in [1.165, 1.54) is 37.8 Å². The first kappa shape index (κ1) is 24.8. The van der Waals surface area contributed by atoms with Crippen molar-refractivity contribution in [2.75, 3.05) is 30.4 Å². The maximum absolute atomic E-state index is 5.56. The van der Waals surface area contributed by atoms with Gasteiger partial charge >= 0.3 is 0 Å². The Morgan fingerprint density at radius 1 is 1.14 bits per heavy atom. The van der Waals surface area contributed by atoms with Gasteiger partial charge in [0.05, 0.1) is 7.11 Å². The van der Waals surface area contributed by atoms with Gasteiger partial charge in [-0.15, -0.1) is 5.10 Å². The number of benzene rings is 1. The lowest BCUT2D eigenvalue weighted by atomic mass is 10.1. The first-order valence-electron chi connectivity index (χ1n) is 13.2. The molecule has 1 aromatic carbocycles. The second-order valence-corrected chi connectivity index (χ2v) is 9.87. The van der Waals surface area contributed by atoms with Crippen molar-refractivity contribution in [2.24, 2.45) is 5.92 Å². The number of aromatic nitrogens is 6. The van der Waals surface area contributed by atoms with Crippen molar-refractivity contribution >= 4 is 17.3 Å². The predicted molar refractivity (Wildman–Crippen MR) is 146 cm³/mol. The number of nitrogens with zero attached hydrogens (tertiary/aromatic N) is 5. The Kier molecular flexibility index (Phi) is 7.39. The third kappa shape index (κ3) is 5.93. The highest BCUT2D eigenvalue weighted by Crippen LogP contribution is 2.34. The first-order valence-corrected chi connectivity index (χ1v) is 13.2. The van der Waals surface area contributed by atoms with Gasteiger partial charge in [0.15, 0.2) is 11.5 Å². The molecule has 0 spiro atoms. The van der Waals surface area contributed by atoms with E-state index in [-0.39, 0.29) is 0 Å². The van der Waals surface area contributed by atoms with Crippen molar-refractivity contribution in [2.45, 2.75) is 52.9 Å². The topological polar surface area (TPSA) is 98.6 Å². The highest BCUT2D eigenvalue weighted by atomic mass is 16.5. The summed E-state index contributed by atoms with van der Waals surface area (Å²) in [6, 6.07) is 10.4. The van der Waals surface area contributed by atoms with Crippen molar-refractivity contribution in [1.82, 2.24) is 25.1 Å². The van der Waals surface area contributed by atoms with E-state index in [0.717, 1.165) is 41.6 Å². The Balaban J connectivity index is 1.29. The number of aryl methyl sites for hydroxylation is 2. The Hall–Kier alpha value is -3.88. The van der Waals surface area contributed by atoms with Crippen LogP contribution in [0.5, 0.6) is 5.88 Å². The molecule has 3 aromatic heterocycles. The summed E-state index contributed by atoms with van der Waals surface area (Å²) in [4.78, 5) is 14.9. The zero-order chi connectivity index (χ0) is 25.8. The fourth-order valence-corrected chi connectivity index (χ4v) is 4.61. The third-order valence-electron chi connectivity index (χ3n) is 7.01. The van der Waals surface area contributed by atoms with E-state index >= 15 is 0 Å². The van der Waals surface area contributed by atoms with Crippen LogP contribution in [0.3, 0.4) is 0 Å². The normalized spacial score (nSPS) is 13.1. The molecule has 0 aliphatic heterocycles. The van der Waals surface area contributed by atoms with Gasteiger partial charge in [-0.05, 0) is 56.0 Å². The Bertz CT molecular complexity index is 1340. The van der Waals surface area contributed by atoms with Crippen LogP contribution in [0.25, 0.3) is 17.2 Å². The van der Waals surface area contributed by atoms with E-state index in [9.17, 15) is 0 Å². The van der Waals surface area contributed by atoms with Crippen LogP contribution in [0.15, 0.2) is 42.9 Å². The lowest BCUT2D eigenvalue weighted by molar-refractivity contribution is -0.595. The number of rotatable bonds is 12. The Morgan fingerprint density at radius 2 is 2.00 bits per heavy atom. The van der Waals surface area contributed by atoms with Gasteiger partial charge in [0.1, 0.15) is 17.6 Å². The standard InChI is InChI=1S/C28H36N8O/c1-5-35(15-7-6-8-21-10-11-21)22-12-9-19(2)24(16-22)31-28-32-26(33-34-28)23-13-14-25(27(30-23)37-4)36-17-20(3)29-18-36/h9,12-14,16-18,21H,5-8,10-11,15H2,1-4H3,(H2,30,31,32,33,34)/p+1. The lowest BCUT2D eigenvalue weighted by Crippen LogP contribution is -2.28. The van der Waals surface area contributed by atoms with E-state index in [4.69, 9.17) is 4.74 Å². The van der Waals surface area contributed by atoms with Crippen molar-refractivity contribution < 1.29 is 9.30 Å². The molecule has 1 saturated carbocycles. The Labute approximate surface area is 218 Å². The summed E-state index contributed by atoms with van der Waals surface area (Å²) < 4.78 is 7.50. The number of hydrogen-bond acceptors (Lipinski definition) is 6. The van der Waals surface area contributed by atoms with Gasteiger partial charge in [-0.25, -0.2) is 9.97 Å². The molecule has 0 radical (unpaired) electrons. The molecule has 0 unspecified atom stereocenters. The molecule has 1 fully saturated rings. The van der Waals surface area contributed by atoms with Crippen LogP contribution in [-0.2, 0) is 0 Å². The molecular weight excluding hydrogens is 464 g/mol. The van der Waals surface area contributed by atoms with E-state index < -0.39 is 0 Å². The summed E-state index contributed by atoms with van der Waals surface area (Å²) >= 11 is 0. The quantitative estimate of drug-likeness (QED) is 0.181. The monoisotopic (exact) mass is 501 g/mol. The smallest absolute Gasteiger partial charge is 0.262 e. The molecule has 37 heavy (non-hydrogen) atoms. The minimum Gasteiger partial charge on any atom is -0.478 e. The van der Waals surface area contributed by atoms with Gasteiger partial charge in [0.25, 0.3) is 5.88 Å². The molecule has 0 saturated heterocycles. The average molecular weight is 502 g/mol. The summed E-state index contributed by atoms with van der Waals surface area (Å²) in [7, 11) is 1.62. The molecule has 3 N–H and O–H groups in total. The number of hydrogen-bond donors (Lipinski definition) is 3. The fourth-order valence-electron chi connectivity index (χ4n) is 4.61. The number of imidazole rings is 1. The van der Waals surface area contributed by atoms with Gasteiger partial charge in [-0.3, -0.25) is 5.10 Å². The average Bonchev–Trinajstić information content (AvgIpc) is 3.45. The summed E-state index contributed by atoms with van der Waals surface area (Å²) in [5.74, 6) is 2.59. The van der Waals surface area contributed by atoms with Crippen LogP contribution in [0.1, 0.15) is 50.3 Å². The summed E-state index contributed by atoms with van der Waals surface area (Å²) in [6.45, 7) is 8.39. The molecule has 1 aliphatic rings. The maximum atomic E-state index is 5.56. The van der Waals surface area contributed by atoms with E-state index in [2.05, 4.69) is 67.4 Å². The maximum Gasteiger partial charge on any atom is 0.262 e. The van der Waals surface area contributed by atoms with Crippen LogP contribution in [-0.4, -0.2) is 45.3 Å². The van der Waals surface area contributed by atoms with E-state index in [1.807, 2.05) is 36.1 Å². The van der Waals surface area contributed by atoms with Crippen LogP contribution in [0.2, 0.25) is 0 Å². The van der Waals surface area contributed by atoms with Gasteiger partial charge in [-0.1, -0.05) is 31.7 Å². The third-order valence-corrected chi connectivity index (χ3v) is 7.01. The SMILES string of the molecule is CCN(CCCCC1CC1)c1ccc(C)c(Nc2n[nH]c(-c3ccc(-[n+]4c[nH]c(C)c4)c(OC)n3)n2)c1. The number of methoxy groups -OCH3 is 1. The van der Waals surface area contributed by atoms with Crippen LogP contribution in [0.4, 0.5) is 17.3 Å². The molecule has 0 amide bonds. The molecule has 9 heteroatoms. The Morgan fingerprint density at radius 3 is 2.73 bits per heavy atom. The summed E-state index contributed by atoms with van der Waals surface area (Å²) in [6.07, 6.45) is 10.7. The second-order valence-electron chi connectivity index (χ2n) is 9.87. The fraction of sp³-hybridized carbons (Fsp3) is 0.429. The van der Waals surface area contributed by atoms with Crippen molar-refractivity contribution in [1.29, 1.82) is 0 Å². The second kappa shape index (κ2) is 11.0. The molecule has 9 nitrogen and oxygen atoms in total. The summed E-state index contributed by atoms with van der Waals surface area (Å²) in [5, 5.41) is 10.8. The molecule has 194 valence electrons. The van der Waals surface area contributed by atoms with Crippen molar-refractivity contribution in [3.63, 3.8) is 0 Å². The van der Waals surface area contributed by atoms with Gasteiger partial charge in [0, 0.05) is 31.4 Å². The number of H-pyrrole nitrogens is 2. The minimum atomic E-state index is 0.503. The summed E-state index contributed by atoms with van der Waals surface area (Å²) in [5.41, 5.74) is 5.91. The predicted octanol–water partition coefficient (Wildman–Crippen LogP) is 5.25. The van der Waals surface area contributed by atoms with Crippen LogP contribution < -0.4 is 19.5 Å². The molecule has 0 bridgehead atoms. The number of anilines is 3. The highest BCUT2D eigenvalue weighted by Gasteiger charge is 2.20. The molecule has 1 aliphatic carbocycles. The molecular formula is C28H37N8O+. The zero-order valence-corrected chi connectivity index (χ0v) is 22.2. The number of nitrogens with one attached hydrogen (secondary N) is 3. The largest absolute Gasteiger partial charge is 0.478 e. The van der Waals surface area contributed by atoms with Crippen LogP contribution in [0, 0.1) is 19.8 Å². The first-order chi connectivity index (χ1) is 18.0. The zero-order valence-electron chi connectivity index (χ0n) is 22.2. The highest BCUT2D eigenvalue weighted by molar-refractivity contribution is 5.66. The molecule has 4 aromatic rings. The van der Waals surface area contributed by atoms with Crippen molar-refractivity contribution in [3.8, 4) is 23.1 Å². The van der Waals surface area contributed by atoms with E-state index in [1.54, 1.807) is 7.11 Å². The number of unbranched alkanes of at least 4 members (excludes halogenated alkanes) is 1. The molecule has 5 rings (SSSR count). The number of ether oxygens (including phenoxy) is 1. The van der Waals surface area contributed by atoms with Gasteiger partial charge in [0.2, 0.25) is 12.3 Å². The van der Waals surface area contributed by atoms with Gasteiger partial charge in [-0.2, -0.15) is 9.55 Å². The molecule has 0 atom stereocenters. The lowest BCUT2D eigenvalue weighted by Gasteiger charge is -2.24. The number of aromatic amines is 2. The number of pyridine rings is 1.